The van der Waals surface area contributed by atoms with E-state index in [2.05, 4.69) is 5.32 Å². The topological polar surface area (TPSA) is 88.2 Å². The SMILES string of the molecule is CCN(CC)c1ccc(CN(C[C@@H]2CCCO2)C(=O)NC(C)(C)C)c(OS(=O)(=O)c2cccc(C(F)(F)F)c2)c1. The van der Waals surface area contributed by atoms with Crippen molar-refractivity contribution >= 4 is 21.8 Å². The third kappa shape index (κ3) is 8.50. The molecule has 40 heavy (non-hydrogen) atoms. The molecule has 1 N–H and O–H groups in total. The second-order valence-corrected chi connectivity index (χ2v) is 12.3. The Bertz CT molecular complexity index is 1270. The lowest BCUT2D eigenvalue weighted by Gasteiger charge is -2.31. The standard InChI is InChI=1S/C28H38F3N3O5S/c1-6-33(7-2)22-14-13-20(18-34(19-23-11-9-15-38-23)26(35)32-27(3,4)5)25(17-22)39-40(36,37)24-12-8-10-21(16-24)28(29,30)31/h8,10,12-14,16-17,23H,6-7,9,11,15,18-19H2,1-5H3,(H,32,35)/t23-/m0/s1. The summed E-state index contributed by atoms with van der Waals surface area (Å²) in [5.41, 5.74) is -0.567. The van der Waals surface area contributed by atoms with Crippen LogP contribution < -0.4 is 14.4 Å². The molecule has 8 nitrogen and oxygen atoms in total. The quantitative estimate of drug-likeness (QED) is 0.354. The second kappa shape index (κ2) is 12.7. The number of nitrogens with one attached hydrogen (secondary N) is 1. The minimum Gasteiger partial charge on any atom is -0.379 e. The van der Waals surface area contributed by atoms with Gasteiger partial charge in [-0.3, -0.25) is 0 Å². The number of anilines is 1. The summed E-state index contributed by atoms with van der Waals surface area (Å²) in [6, 6.07) is 8.08. The summed E-state index contributed by atoms with van der Waals surface area (Å²) in [6.07, 6.45) is -3.23. The zero-order chi connectivity index (χ0) is 29.7. The van der Waals surface area contributed by atoms with E-state index in [1.54, 1.807) is 18.2 Å². The lowest BCUT2D eigenvalue weighted by Crippen LogP contribution is -2.50. The molecule has 1 aliphatic heterocycles. The molecular weight excluding hydrogens is 547 g/mol. The van der Waals surface area contributed by atoms with E-state index in [0.717, 1.165) is 31.0 Å². The zero-order valence-corrected chi connectivity index (χ0v) is 24.4. The minimum absolute atomic E-state index is 0.00620. The summed E-state index contributed by atoms with van der Waals surface area (Å²) in [5.74, 6) is -0.0669. The fourth-order valence-corrected chi connectivity index (χ4v) is 5.39. The number of rotatable bonds is 10. The zero-order valence-electron chi connectivity index (χ0n) is 23.5. The van der Waals surface area contributed by atoms with Gasteiger partial charge in [-0.05, 0) is 71.7 Å². The number of amides is 2. The molecule has 12 heteroatoms. The smallest absolute Gasteiger partial charge is 0.379 e. The average molecular weight is 586 g/mol. The van der Waals surface area contributed by atoms with Gasteiger partial charge in [-0.25, -0.2) is 4.79 Å². The number of hydrogen-bond donors (Lipinski definition) is 1. The predicted molar refractivity (Wildman–Crippen MR) is 147 cm³/mol. The molecule has 1 heterocycles. The third-order valence-electron chi connectivity index (χ3n) is 6.41. The molecule has 0 aromatic heterocycles. The molecule has 0 radical (unpaired) electrons. The van der Waals surface area contributed by atoms with Crippen molar-refractivity contribution in [2.45, 2.75) is 76.7 Å². The van der Waals surface area contributed by atoms with E-state index in [1.807, 2.05) is 39.5 Å². The molecule has 1 aliphatic rings. The van der Waals surface area contributed by atoms with Gasteiger partial charge in [0.25, 0.3) is 0 Å². The van der Waals surface area contributed by atoms with Gasteiger partial charge in [0, 0.05) is 49.1 Å². The summed E-state index contributed by atoms with van der Waals surface area (Å²) in [6.45, 7) is 11.6. The van der Waals surface area contributed by atoms with Gasteiger partial charge in [0.05, 0.1) is 18.2 Å². The number of nitrogens with zero attached hydrogens (tertiary/aromatic N) is 2. The molecule has 1 atom stereocenters. The number of hydrogen-bond acceptors (Lipinski definition) is 6. The van der Waals surface area contributed by atoms with Crippen LogP contribution in [0.1, 0.15) is 58.6 Å². The van der Waals surface area contributed by atoms with E-state index < -0.39 is 32.3 Å². The van der Waals surface area contributed by atoms with Crippen molar-refractivity contribution in [2.75, 3.05) is 31.1 Å². The maximum Gasteiger partial charge on any atom is 0.416 e. The monoisotopic (exact) mass is 585 g/mol. The first-order chi connectivity index (χ1) is 18.6. The van der Waals surface area contributed by atoms with Crippen molar-refractivity contribution in [3.05, 3.63) is 53.6 Å². The van der Waals surface area contributed by atoms with Crippen LogP contribution in [0.5, 0.6) is 5.75 Å². The molecule has 1 saturated heterocycles. The average Bonchev–Trinajstić information content (AvgIpc) is 3.37. The molecule has 0 bridgehead atoms. The van der Waals surface area contributed by atoms with E-state index in [1.165, 1.54) is 4.90 Å². The van der Waals surface area contributed by atoms with Crippen LogP contribution in [0.3, 0.4) is 0 Å². The Labute approximate surface area is 234 Å². The third-order valence-corrected chi connectivity index (χ3v) is 7.64. The Morgan fingerprint density at radius 3 is 2.38 bits per heavy atom. The van der Waals surface area contributed by atoms with Gasteiger partial charge in [-0.2, -0.15) is 21.6 Å². The van der Waals surface area contributed by atoms with Gasteiger partial charge < -0.3 is 24.0 Å². The first-order valence-electron chi connectivity index (χ1n) is 13.3. The highest BCUT2D eigenvalue weighted by molar-refractivity contribution is 7.87. The summed E-state index contributed by atoms with van der Waals surface area (Å²) in [7, 11) is -4.64. The number of carbonyl (C=O) groups excluding carboxylic acids is 1. The molecule has 0 saturated carbocycles. The van der Waals surface area contributed by atoms with Crippen LogP contribution >= 0.6 is 0 Å². The van der Waals surface area contributed by atoms with Crippen LogP contribution in [0.4, 0.5) is 23.7 Å². The Hall–Kier alpha value is -2.99. The van der Waals surface area contributed by atoms with Gasteiger partial charge in [-0.1, -0.05) is 12.1 Å². The summed E-state index contributed by atoms with van der Waals surface area (Å²) >= 11 is 0. The first-order valence-corrected chi connectivity index (χ1v) is 14.7. The van der Waals surface area contributed by atoms with Crippen molar-refractivity contribution in [3.8, 4) is 5.75 Å². The van der Waals surface area contributed by atoms with Crippen molar-refractivity contribution in [1.82, 2.24) is 10.2 Å². The largest absolute Gasteiger partial charge is 0.416 e. The molecule has 0 unspecified atom stereocenters. The minimum atomic E-state index is -4.72. The van der Waals surface area contributed by atoms with Crippen LogP contribution in [0.15, 0.2) is 47.4 Å². The predicted octanol–water partition coefficient (Wildman–Crippen LogP) is 5.81. The van der Waals surface area contributed by atoms with Crippen molar-refractivity contribution < 1.29 is 35.3 Å². The Kier molecular flexibility index (Phi) is 9.99. The molecule has 2 aromatic rings. The van der Waals surface area contributed by atoms with Crippen LogP contribution in [0, 0.1) is 0 Å². The fourth-order valence-electron chi connectivity index (χ4n) is 4.39. The molecule has 1 fully saturated rings. The van der Waals surface area contributed by atoms with Crippen LogP contribution in [-0.4, -0.2) is 57.2 Å². The van der Waals surface area contributed by atoms with Gasteiger partial charge in [0.2, 0.25) is 0 Å². The van der Waals surface area contributed by atoms with Crippen molar-refractivity contribution in [2.24, 2.45) is 0 Å². The van der Waals surface area contributed by atoms with E-state index in [9.17, 15) is 26.4 Å². The molecule has 222 valence electrons. The number of benzene rings is 2. The number of urea groups is 1. The molecule has 2 amide bonds. The van der Waals surface area contributed by atoms with E-state index in [0.29, 0.717) is 37.0 Å². The lowest BCUT2D eigenvalue weighted by molar-refractivity contribution is -0.137. The highest BCUT2D eigenvalue weighted by Crippen LogP contribution is 2.33. The fraction of sp³-hybridized carbons (Fsp3) is 0.536. The van der Waals surface area contributed by atoms with Gasteiger partial charge in [0.15, 0.2) is 0 Å². The first kappa shape index (κ1) is 31.5. The van der Waals surface area contributed by atoms with Gasteiger partial charge >= 0.3 is 22.3 Å². The van der Waals surface area contributed by atoms with Crippen LogP contribution in [-0.2, 0) is 27.6 Å². The molecular formula is C28H38F3N3O5S. The summed E-state index contributed by atoms with van der Waals surface area (Å²) in [4.78, 5) is 16.1. The van der Waals surface area contributed by atoms with Crippen LogP contribution in [0.2, 0.25) is 0 Å². The molecule has 0 aliphatic carbocycles. The molecule has 0 spiro atoms. The number of halogens is 3. The van der Waals surface area contributed by atoms with E-state index >= 15 is 0 Å². The highest BCUT2D eigenvalue weighted by atomic mass is 32.2. The normalized spacial score (nSPS) is 16.1. The lowest BCUT2D eigenvalue weighted by atomic mass is 10.1. The molecule has 2 aromatic carbocycles. The Balaban J connectivity index is 2.02. The molecule has 3 rings (SSSR count). The second-order valence-electron chi connectivity index (χ2n) is 10.7. The number of ether oxygens (including phenoxy) is 1. The van der Waals surface area contributed by atoms with Gasteiger partial charge in [0.1, 0.15) is 10.6 Å². The van der Waals surface area contributed by atoms with Crippen molar-refractivity contribution in [3.63, 3.8) is 0 Å². The Morgan fingerprint density at radius 1 is 1.10 bits per heavy atom. The Morgan fingerprint density at radius 2 is 1.80 bits per heavy atom. The van der Waals surface area contributed by atoms with E-state index in [-0.39, 0.29) is 31.0 Å². The van der Waals surface area contributed by atoms with Gasteiger partial charge in [-0.15, -0.1) is 0 Å². The van der Waals surface area contributed by atoms with Crippen molar-refractivity contribution in [1.29, 1.82) is 0 Å². The maximum atomic E-state index is 13.3. The van der Waals surface area contributed by atoms with Crippen LogP contribution in [0.25, 0.3) is 0 Å². The summed E-state index contributed by atoms with van der Waals surface area (Å²) in [5, 5.41) is 2.93. The summed E-state index contributed by atoms with van der Waals surface area (Å²) < 4.78 is 77.5. The van der Waals surface area contributed by atoms with E-state index in [4.69, 9.17) is 8.92 Å². The maximum absolute atomic E-state index is 13.3. The number of carbonyl (C=O) groups is 1. The number of alkyl halides is 3. The highest BCUT2D eigenvalue weighted by Gasteiger charge is 2.33.